The normalized spacial score (nSPS) is 18.8. The first-order valence-electron chi connectivity index (χ1n) is 10.8. The SMILES string of the molecule is CN=C(C(=O)N=CC1CCOC1)C(=CN)NC(=O)c1nc(C2CC2)cnc1Nc1cncnc1. The molecule has 12 heteroatoms. The summed E-state index contributed by atoms with van der Waals surface area (Å²) < 4.78 is 5.28. The minimum absolute atomic E-state index is 0.0185. The van der Waals surface area contributed by atoms with Crippen LogP contribution in [-0.4, -0.2) is 63.9 Å². The maximum Gasteiger partial charge on any atom is 0.296 e. The van der Waals surface area contributed by atoms with Crippen molar-refractivity contribution >= 4 is 35.2 Å². The molecular weight excluding hydrogens is 438 g/mol. The number of ether oxygens (including phenoxy) is 1. The third-order valence-electron chi connectivity index (χ3n) is 5.29. The van der Waals surface area contributed by atoms with Gasteiger partial charge in [-0.15, -0.1) is 0 Å². The summed E-state index contributed by atoms with van der Waals surface area (Å²) >= 11 is 0. The second kappa shape index (κ2) is 10.7. The summed E-state index contributed by atoms with van der Waals surface area (Å²) in [5.74, 6) is -0.662. The van der Waals surface area contributed by atoms with E-state index in [2.05, 4.69) is 40.6 Å². The molecule has 4 N–H and O–H groups in total. The molecule has 1 saturated carbocycles. The number of hydrogen-bond donors (Lipinski definition) is 3. The molecule has 2 aromatic rings. The average Bonchev–Trinajstić information content (AvgIpc) is 3.58. The second-order valence-electron chi connectivity index (χ2n) is 7.83. The fourth-order valence-electron chi connectivity index (χ4n) is 3.33. The number of carbonyl (C=O) groups is 2. The number of nitrogens with two attached hydrogens (primary N) is 1. The maximum atomic E-state index is 13.2. The Balaban J connectivity index is 1.54. The lowest BCUT2D eigenvalue weighted by atomic mass is 10.1. The van der Waals surface area contributed by atoms with Crippen molar-refractivity contribution in [1.29, 1.82) is 0 Å². The molecule has 12 nitrogen and oxygen atoms in total. The lowest BCUT2D eigenvalue weighted by Gasteiger charge is -2.13. The third-order valence-corrected chi connectivity index (χ3v) is 5.29. The van der Waals surface area contributed by atoms with Crippen molar-refractivity contribution in [3.8, 4) is 0 Å². The van der Waals surface area contributed by atoms with Crippen LogP contribution in [0.2, 0.25) is 0 Å². The maximum absolute atomic E-state index is 13.2. The summed E-state index contributed by atoms with van der Waals surface area (Å²) in [6.07, 6.45) is 11.6. The van der Waals surface area contributed by atoms with Gasteiger partial charge in [-0.2, -0.15) is 0 Å². The number of nitrogens with one attached hydrogen (secondary N) is 2. The standard InChI is InChI=1S/C22H25N9O3/c1-24-18(21(32)28-7-13-4-5-34-11-13)16(6-23)31-22(33)19-20(29-15-8-25-12-26-9-15)27-10-17(30-19)14-2-3-14/h6-10,12-14H,2-5,11,23H2,1H3,(H,27,29)(H,31,33). The Hall–Kier alpha value is -4.06. The first kappa shape index (κ1) is 23.1. The molecule has 0 aromatic carbocycles. The quantitative estimate of drug-likeness (QED) is 0.485. The van der Waals surface area contributed by atoms with Gasteiger partial charge >= 0.3 is 0 Å². The van der Waals surface area contributed by atoms with Crippen LogP contribution in [0.15, 0.2) is 46.8 Å². The molecule has 3 heterocycles. The highest BCUT2D eigenvalue weighted by molar-refractivity contribution is 6.46. The van der Waals surface area contributed by atoms with E-state index in [1.54, 1.807) is 24.8 Å². The molecule has 1 aliphatic heterocycles. The minimum Gasteiger partial charge on any atom is -0.403 e. The van der Waals surface area contributed by atoms with Crippen LogP contribution in [0.3, 0.4) is 0 Å². The molecule has 1 unspecified atom stereocenters. The lowest BCUT2D eigenvalue weighted by Crippen LogP contribution is -2.33. The smallest absolute Gasteiger partial charge is 0.296 e. The molecule has 4 rings (SSSR count). The Kier molecular flexibility index (Phi) is 7.28. The Morgan fingerprint density at radius 1 is 1.21 bits per heavy atom. The molecule has 0 bridgehead atoms. The molecule has 34 heavy (non-hydrogen) atoms. The molecule has 176 valence electrons. The minimum atomic E-state index is -0.621. The Bertz CT molecular complexity index is 1140. The molecule has 0 radical (unpaired) electrons. The summed E-state index contributed by atoms with van der Waals surface area (Å²) in [6.45, 7) is 1.15. The number of rotatable bonds is 8. The average molecular weight is 464 g/mol. The largest absolute Gasteiger partial charge is 0.403 e. The van der Waals surface area contributed by atoms with Crippen molar-refractivity contribution in [3.05, 3.63) is 48.2 Å². The molecule has 0 spiro atoms. The Morgan fingerprint density at radius 2 is 2.00 bits per heavy atom. The van der Waals surface area contributed by atoms with E-state index in [9.17, 15) is 9.59 Å². The Labute approximate surface area is 195 Å². The monoisotopic (exact) mass is 463 g/mol. The number of amides is 2. The third kappa shape index (κ3) is 5.64. The molecule has 1 aliphatic carbocycles. The molecule has 2 aliphatic rings. The number of aliphatic imine (C=N–C) groups is 2. The van der Waals surface area contributed by atoms with Gasteiger partial charge in [0.05, 0.1) is 42.3 Å². The number of carbonyl (C=O) groups excluding carboxylic acids is 2. The van der Waals surface area contributed by atoms with Crippen molar-refractivity contribution < 1.29 is 14.3 Å². The van der Waals surface area contributed by atoms with Crippen LogP contribution < -0.4 is 16.4 Å². The van der Waals surface area contributed by atoms with Gasteiger partial charge in [0, 0.05) is 37.9 Å². The fourth-order valence-corrected chi connectivity index (χ4v) is 3.33. The van der Waals surface area contributed by atoms with Crippen LogP contribution in [0.5, 0.6) is 0 Å². The molecule has 2 fully saturated rings. The van der Waals surface area contributed by atoms with Crippen LogP contribution in [0.25, 0.3) is 0 Å². The zero-order valence-corrected chi connectivity index (χ0v) is 18.6. The van der Waals surface area contributed by atoms with E-state index in [-0.39, 0.29) is 34.8 Å². The zero-order valence-electron chi connectivity index (χ0n) is 18.6. The Morgan fingerprint density at radius 3 is 2.65 bits per heavy atom. The highest BCUT2D eigenvalue weighted by Crippen LogP contribution is 2.39. The van der Waals surface area contributed by atoms with Crippen molar-refractivity contribution in [1.82, 2.24) is 25.3 Å². The van der Waals surface area contributed by atoms with Crippen molar-refractivity contribution in [2.45, 2.75) is 25.2 Å². The number of aromatic nitrogens is 4. The highest BCUT2D eigenvalue weighted by atomic mass is 16.5. The predicted octanol–water partition coefficient (Wildman–Crippen LogP) is 1.12. The summed E-state index contributed by atoms with van der Waals surface area (Å²) in [6, 6.07) is 0. The molecule has 1 atom stereocenters. The first-order valence-corrected chi connectivity index (χ1v) is 10.8. The van der Waals surface area contributed by atoms with Crippen LogP contribution in [-0.2, 0) is 9.53 Å². The van der Waals surface area contributed by atoms with Gasteiger partial charge in [0.25, 0.3) is 11.8 Å². The highest BCUT2D eigenvalue weighted by Gasteiger charge is 2.28. The van der Waals surface area contributed by atoms with Gasteiger partial charge in [-0.3, -0.25) is 14.6 Å². The predicted molar refractivity (Wildman–Crippen MR) is 125 cm³/mol. The van der Waals surface area contributed by atoms with Gasteiger partial charge in [0.1, 0.15) is 12.0 Å². The topological polar surface area (TPSA) is 170 Å². The number of hydrogen-bond acceptors (Lipinski definition) is 10. The van der Waals surface area contributed by atoms with E-state index in [0.29, 0.717) is 18.9 Å². The van der Waals surface area contributed by atoms with Crippen molar-refractivity contribution in [2.75, 3.05) is 25.6 Å². The van der Waals surface area contributed by atoms with Gasteiger partial charge in [-0.25, -0.2) is 24.9 Å². The lowest BCUT2D eigenvalue weighted by molar-refractivity contribution is -0.111. The molecule has 2 amide bonds. The van der Waals surface area contributed by atoms with Gasteiger partial charge in [-0.1, -0.05) is 0 Å². The van der Waals surface area contributed by atoms with Gasteiger partial charge in [-0.05, 0) is 19.3 Å². The fraction of sp³-hybridized carbons (Fsp3) is 0.364. The van der Waals surface area contributed by atoms with Gasteiger partial charge < -0.3 is 21.1 Å². The van der Waals surface area contributed by atoms with E-state index < -0.39 is 11.8 Å². The zero-order chi connectivity index (χ0) is 23.9. The number of nitrogens with zero attached hydrogens (tertiary/aromatic N) is 6. The van der Waals surface area contributed by atoms with Crippen LogP contribution >= 0.6 is 0 Å². The van der Waals surface area contributed by atoms with Crippen LogP contribution in [0.1, 0.15) is 41.4 Å². The number of anilines is 2. The summed E-state index contributed by atoms with van der Waals surface area (Å²) in [7, 11) is 1.42. The van der Waals surface area contributed by atoms with Crippen molar-refractivity contribution in [3.63, 3.8) is 0 Å². The first-order chi connectivity index (χ1) is 16.6. The van der Waals surface area contributed by atoms with Gasteiger partial charge in [0.15, 0.2) is 11.5 Å². The van der Waals surface area contributed by atoms with Crippen LogP contribution in [0, 0.1) is 5.92 Å². The molecule has 1 saturated heterocycles. The summed E-state index contributed by atoms with van der Waals surface area (Å²) in [5.41, 5.74) is 6.98. The summed E-state index contributed by atoms with van der Waals surface area (Å²) in [5, 5.41) is 5.63. The molecule has 2 aromatic heterocycles. The van der Waals surface area contributed by atoms with Gasteiger partial charge in [0.2, 0.25) is 0 Å². The van der Waals surface area contributed by atoms with Crippen molar-refractivity contribution in [2.24, 2.45) is 21.6 Å². The van der Waals surface area contributed by atoms with E-state index in [0.717, 1.165) is 31.2 Å². The van der Waals surface area contributed by atoms with E-state index >= 15 is 0 Å². The molecular formula is C22H25N9O3. The van der Waals surface area contributed by atoms with E-state index in [4.69, 9.17) is 10.5 Å². The van der Waals surface area contributed by atoms with E-state index in [1.165, 1.54) is 13.4 Å². The summed E-state index contributed by atoms with van der Waals surface area (Å²) in [4.78, 5) is 50.6. The van der Waals surface area contributed by atoms with E-state index in [1.807, 2.05) is 0 Å². The van der Waals surface area contributed by atoms with Crippen LogP contribution in [0.4, 0.5) is 11.5 Å². The second-order valence-corrected chi connectivity index (χ2v) is 7.83.